The maximum Gasteiger partial charge on any atom is 0.276 e. The standard InChI is InChI=1S/C22H26N4O3S2/c1-14-6-8-26(9-7-14)11-16-12-31-22(23-16)25-20(27)17-13-30-21(24-17)15-4-5-18(28-2)19(10-15)29-3/h4-5,10,12-14H,6-9,11H2,1-3H3,(H,23,25,27). The van der Waals surface area contributed by atoms with Crippen LogP contribution in [0.2, 0.25) is 0 Å². The summed E-state index contributed by atoms with van der Waals surface area (Å²) in [6.07, 6.45) is 2.47. The van der Waals surface area contributed by atoms with Crippen molar-refractivity contribution in [2.24, 2.45) is 5.92 Å². The van der Waals surface area contributed by atoms with Crippen LogP contribution in [-0.2, 0) is 6.54 Å². The number of nitrogens with zero attached hydrogens (tertiary/aromatic N) is 3. The van der Waals surface area contributed by atoms with Gasteiger partial charge in [0.25, 0.3) is 5.91 Å². The van der Waals surface area contributed by atoms with Gasteiger partial charge in [-0.1, -0.05) is 6.92 Å². The molecule has 0 aliphatic carbocycles. The van der Waals surface area contributed by atoms with Crippen LogP contribution in [0, 0.1) is 5.92 Å². The summed E-state index contributed by atoms with van der Waals surface area (Å²) in [5.41, 5.74) is 2.24. The van der Waals surface area contributed by atoms with Gasteiger partial charge in [-0.3, -0.25) is 15.0 Å². The van der Waals surface area contributed by atoms with Crippen LogP contribution in [0.4, 0.5) is 5.13 Å². The van der Waals surface area contributed by atoms with E-state index in [4.69, 9.17) is 9.47 Å². The Bertz CT molecular complexity index is 1040. The molecule has 1 fully saturated rings. The molecular weight excluding hydrogens is 432 g/mol. The topological polar surface area (TPSA) is 76.6 Å². The fourth-order valence-corrected chi connectivity index (χ4v) is 5.02. The predicted octanol–water partition coefficient (Wildman–Crippen LogP) is 4.77. The van der Waals surface area contributed by atoms with Crippen molar-refractivity contribution in [2.45, 2.75) is 26.3 Å². The lowest BCUT2D eigenvalue weighted by molar-refractivity contribution is 0.102. The van der Waals surface area contributed by atoms with Crippen molar-refractivity contribution in [3.63, 3.8) is 0 Å². The SMILES string of the molecule is COc1ccc(-c2nc(C(=O)Nc3nc(CN4CCC(C)CC4)cs3)cs2)cc1OC. The van der Waals surface area contributed by atoms with Gasteiger partial charge < -0.3 is 9.47 Å². The molecule has 3 heterocycles. The number of aromatic nitrogens is 2. The van der Waals surface area contributed by atoms with E-state index in [0.29, 0.717) is 22.3 Å². The largest absolute Gasteiger partial charge is 0.493 e. The summed E-state index contributed by atoms with van der Waals surface area (Å²) in [5.74, 6) is 1.83. The molecular formula is C22H26N4O3S2. The molecule has 1 amide bonds. The van der Waals surface area contributed by atoms with E-state index in [2.05, 4.69) is 27.1 Å². The summed E-state index contributed by atoms with van der Waals surface area (Å²) in [7, 11) is 3.19. The van der Waals surface area contributed by atoms with Crippen molar-refractivity contribution in [3.05, 3.63) is 40.3 Å². The number of ether oxygens (including phenoxy) is 2. The molecule has 2 aromatic heterocycles. The molecule has 7 nitrogen and oxygen atoms in total. The minimum atomic E-state index is -0.254. The van der Waals surface area contributed by atoms with Crippen LogP contribution in [0.1, 0.15) is 35.9 Å². The highest BCUT2D eigenvalue weighted by atomic mass is 32.1. The molecule has 0 saturated carbocycles. The normalized spacial score (nSPS) is 15.1. The van der Waals surface area contributed by atoms with Gasteiger partial charge in [-0.15, -0.1) is 22.7 Å². The van der Waals surface area contributed by atoms with Crippen molar-refractivity contribution in [1.29, 1.82) is 0 Å². The highest BCUT2D eigenvalue weighted by Gasteiger charge is 2.18. The minimum Gasteiger partial charge on any atom is -0.493 e. The third-order valence-electron chi connectivity index (χ3n) is 5.40. The van der Waals surface area contributed by atoms with E-state index < -0.39 is 0 Å². The first kappa shape index (κ1) is 21.7. The van der Waals surface area contributed by atoms with E-state index in [1.807, 2.05) is 23.6 Å². The molecule has 31 heavy (non-hydrogen) atoms. The van der Waals surface area contributed by atoms with Crippen molar-refractivity contribution >= 4 is 33.7 Å². The van der Waals surface area contributed by atoms with E-state index in [9.17, 15) is 4.79 Å². The fourth-order valence-electron chi connectivity index (χ4n) is 3.53. The number of methoxy groups -OCH3 is 2. The number of benzene rings is 1. The van der Waals surface area contributed by atoms with Crippen LogP contribution < -0.4 is 14.8 Å². The average molecular weight is 459 g/mol. The third-order valence-corrected chi connectivity index (χ3v) is 7.10. The van der Waals surface area contributed by atoms with Crippen LogP contribution in [0.5, 0.6) is 11.5 Å². The number of anilines is 1. The lowest BCUT2D eigenvalue weighted by Crippen LogP contribution is -2.32. The molecule has 0 spiro atoms. The molecule has 0 unspecified atom stereocenters. The molecule has 0 bridgehead atoms. The zero-order valence-corrected chi connectivity index (χ0v) is 19.5. The quantitative estimate of drug-likeness (QED) is 0.550. The first-order valence-corrected chi connectivity index (χ1v) is 12.0. The summed E-state index contributed by atoms with van der Waals surface area (Å²) in [5, 5.41) is 7.99. The van der Waals surface area contributed by atoms with Gasteiger partial charge in [-0.25, -0.2) is 9.97 Å². The Labute approximate surface area is 190 Å². The molecule has 164 valence electrons. The monoisotopic (exact) mass is 458 g/mol. The second kappa shape index (κ2) is 9.76. The Balaban J connectivity index is 1.39. The summed E-state index contributed by atoms with van der Waals surface area (Å²) in [6.45, 7) is 5.36. The first-order chi connectivity index (χ1) is 15.1. The second-order valence-electron chi connectivity index (χ2n) is 7.66. The van der Waals surface area contributed by atoms with Crippen LogP contribution in [0.3, 0.4) is 0 Å². The smallest absolute Gasteiger partial charge is 0.276 e. The van der Waals surface area contributed by atoms with Crippen LogP contribution >= 0.6 is 22.7 Å². The number of piperidine rings is 1. The van der Waals surface area contributed by atoms with Gasteiger partial charge in [0.1, 0.15) is 10.7 Å². The Hall–Kier alpha value is -2.49. The maximum atomic E-state index is 12.7. The van der Waals surface area contributed by atoms with Crippen LogP contribution in [-0.4, -0.2) is 48.1 Å². The van der Waals surface area contributed by atoms with Crippen molar-refractivity contribution in [2.75, 3.05) is 32.6 Å². The summed E-state index contributed by atoms with van der Waals surface area (Å²) in [6, 6.07) is 5.58. The highest BCUT2D eigenvalue weighted by Crippen LogP contribution is 2.33. The number of likely N-dealkylation sites (tertiary alicyclic amines) is 1. The molecule has 1 aliphatic rings. The molecule has 1 N–H and O–H groups in total. The molecule has 9 heteroatoms. The van der Waals surface area contributed by atoms with Gasteiger partial charge in [0.15, 0.2) is 16.6 Å². The fraction of sp³-hybridized carbons (Fsp3) is 0.409. The number of hydrogen-bond acceptors (Lipinski definition) is 8. The lowest BCUT2D eigenvalue weighted by atomic mass is 9.99. The predicted molar refractivity (Wildman–Crippen MR) is 124 cm³/mol. The highest BCUT2D eigenvalue weighted by molar-refractivity contribution is 7.14. The van der Waals surface area contributed by atoms with E-state index in [1.54, 1.807) is 19.6 Å². The number of hydrogen-bond donors (Lipinski definition) is 1. The molecule has 3 aromatic rings. The Morgan fingerprint density at radius 2 is 1.90 bits per heavy atom. The number of thiazole rings is 2. The summed E-state index contributed by atoms with van der Waals surface area (Å²) in [4.78, 5) is 24.2. The van der Waals surface area contributed by atoms with Gasteiger partial charge in [-0.2, -0.15) is 0 Å². The van der Waals surface area contributed by atoms with Crippen LogP contribution in [0.15, 0.2) is 29.0 Å². The zero-order chi connectivity index (χ0) is 21.8. The average Bonchev–Trinajstić information content (AvgIpc) is 3.45. The van der Waals surface area contributed by atoms with Gasteiger partial charge in [0.2, 0.25) is 0 Å². The Kier molecular flexibility index (Phi) is 6.84. The van der Waals surface area contributed by atoms with E-state index >= 15 is 0 Å². The lowest BCUT2D eigenvalue weighted by Gasteiger charge is -2.29. The van der Waals surface area contributed by atoms with Crippen molar-refractivity contribution < 1.29 is 14.3 Å². The molecule has 0 radical (unpaired) electrons. The van der Waals surface area contributed by atoms with Crippen LogP contribution in [0.25, 0.3) is 10.6 Å². The van der Waals surface area contributed by atoms with E-state index in [1.165, 1.54) is 35.5 Å². The van der Waals surface area contributed by atoms with Gasteiger partial charge >= 0.3 is 0 Å². The molecule has 1 aliphatic heterocycles. The third kappa shape index (κ3) is 5.23. The zero-order valence-electron chi connectivity index (χ0n) is 17.9. The van der Waals surface area contributed by atoms with Gasteiger partial charge in [0.05, 0.1) is 19.9 Å². The number of carbonyl (C=O) groups is 1. The molecule has 0 atom stereocenters. The Morgan fingerprint density at radius 3 is 2.65 bits per heavy atom. The van der Waals surface area contributed by atoms with E-state index in [-0.39, 0.29) is 5.91 Å². The van der Waals surface area contributed by atoms with Gasteiger partial charge in [0, 0.05) is 22.9 Å². The molecule has 1 aromatic carbocycles. The minimum absolute atomic E-state index is 0.254. The number of nitrogens with one attached hydrogen (secondary N) is 1. The Morgan fingerprint density at radius 1 is 1.13 bits per heavy atom. The van der Waals surface area contributed by atoms with Crippen molar-refractivity contribution in [3.8, 4) is 22.1 Å². The molecule has 4 rings (SSSR count). The first-order valence-electron chi connectivity index (χ1n) is 10.2. The maximum absolute atomic E-state index is 12.7. The van der Waals surface area contributed by atoms with E-state index in [0.717, 1.165) is 41.8 Å². The van der Waals surface area contributed by atoms with Crippen molar-refractivity contribution in [1.82, 2.24) is 14.9 Å². The molecule has 1 saturated heterocycles. The van der Waals surface area contributed by atoms with Gasteiger partial charge in [-0.05, 0) is 50.0 Å². The second-order valence-corrected chi connectivity index (χ2v) is 9.38. The number of amides is 1. The summed E-state index contributed by atoms with van der Waals surface area (Å²) >= 11 is 2.86. The number of rotatable bonds is 7. The summed E-state index contributed by atoms with van der Waals surface area (Å²) < 4.78 is 10.6. The number of carbonyl (C=O) groups excluding carboxylic acids is 1.